The van der Waals surface area contributed by atoms with Gasteiger partial charge in [-0.15, -0.1) is 0 Å². The Kier molecular flexibility index (Phi) is 5.78. The zero-order chi connectivity index (χ0) is 15.1. The zero-order valence-electron chi connectivity index (χ0n) is 12.2. The fraction of sp³-hybridized carbons (Fsp3) is 0.333. The van der Waals surface area contributed by atoms with E-state index >= 15 is 0 Å². The summed E-state index contributed by atoms with van der Waals surface area (Å²) in [7, 11) is 1.63. The summed E-state index contributed by atoms with van der Waals surface area (Å²) >= 11 is 5.88. The van der Waals surface area contributed by atoms with Gasteiger partial charge in [-0.1, -0.05) is 18.5 Å². The highest BCUT2D eigenvalue weighted by atomic mass is 35.5. The number of halogens is 1. The van der Waals surface area contributed by atoms with Crippen molar-refractivity contribution in [3.63, 3.8) is 0 Å². The van der Waals surface area contributed by atoms with Crippen LogP contribution < -0.4 is 10.6 Å². The summed E-state index contributed by atoms with van der Waals surface area (Å²) in [4.78, 5) is 8.84. The smallest absolute Gasteiger partial charge is 0.158 e. The van der Waals surface area contributed by atoms with Gasteiger partial charge in [-0.25, -0.2) is 9.97 Å². The third kappa shape index (κ3) is 4.88. The van der Waals surface area contributed by atoms with Crippen LogP contribution in [0.2, 0.25) is 5.02 Å². The summed E-state index contributed by atoms with van der Waals surface area (Å²) in [5, 5.41) is 7.20. The van der Waals surface area contributed by atoms with Crippen LogP contribution in [0.4, 0.5) is 17.3 Å². The van der Waals surface area contributed by atoms with E-state index in [1.54, 1.807) is 7.11 Å². The van der Waals surface area contributed by atoms with Crippen molar-refractivity contribution in [2.24, 2.45) is 0 Å². The molecule has 21 heavy (non-hydrogen) atoms. The lowest BCUT2D eigenvalue weighted by atomic mass is 10.3. The van der Waals surface area contributed by atoms with Gasteiger partial charge in [0.15, 0.2) is 5.82 Å². The molecule has 0 aliphatic carbocycles. The number of ether oxygens (including phenoxy) is 1. The topological polar surface area (TPSA) is 59.1 Å². The number of aromatic nitrogens is 2. The largest absolute Gasteiger partial charge is 0.377 e. The molecule has 0 unspecified atom stereocenters. The number of hydrogen-bond donors (Lipinski definition) is 2. The van der Waals surface area contributed by atoms with E-state index in [2.05, 4.69) is 27.5 Å². The van der Waals surface area contributed by atoms with E-state index in [1.165, 1.54) is 0 Å². The Morgan fingerprint density at radius 1 is 1.14 bits per heavy atom. The highest BCUT2D eigenvalue weighted by molar-refractivity contribution is 6.30. The molecule has 0 saturated heterocycles. The van der Waals surface area contributed by atoms with Gasteiger partial charge in [-0.05, 0) is 30.7 Å². The lowest BCUT2D eigenvalue weighted by Gasteiger charge is -2.11. The standard InChI is InChI=1S/C15H19ClN4O/c1-3-8-17-13-9-14(20-15(19-13)10-21-2)18-12-6-4-11(16)5-7-12/h4-7,9H,3,8,10H2,1-2H3,(H2,17,18,19,20). The van der Waals surface area contributed by atoms with E-state index in [1.807, 2.05) is 30.3 Å². The lowest BCUT2D eigenvalue weighted by molar-refractivity contribution is 0.178. The number of rotatable bonds is 7. The van der Waals surface area contributed by atoms with Crippen molar-refractivity contribution in [1.82, 2.24) is 9.97 Å². The molecule has 0 amide bonds. The van der Waals surface area contributed by atoms with Gasteiger partial charge in [0.1, 0.15) is 18.2 Å². The van der Waals surface area contributed by atoms with Crippen LogP contribution in [-0.2, 0) is 11.3 Å². The Bertz CT molecular complexity index is 574. The molecule has 0 bridgehead atoms. The Labute approximate surface area is 129 Å². The van der Waals surface area contributed by atoms with Crippen molar-refractivity contribution in [2.45, 2.75) is 20.0 Å². The minimum Gasteiger partial charge on any atom is -0.377 e. The van der Waals surface area contributed by atoms with Crippen LogP contribution in [0.3, 0.4) is 0 Å². The van der Waals surface area contributed by atoms with Crippen LogP contribution >= 0.6 is 11.6 Å². The van der Waals surface area contributed by atoms with E-state index in [-0.39, 0.29) is 0 Å². The van der Waals surface area contributed by atoms with Gasteiger partial charge in [-0.3, -0.25) is 0 Å². The summed E-state index contributed by atoms with van der Waals surface area (Å²) in [5.74, 6) is 2.14. The molecule has 2 rings (SSSR count). The predicted octanol–water partition coefficient (Wildman–Crippen LogP) is 3.84. The normalized spacial score (nSPS) is 10.4. The van der Waals surface area contributed by atoms with Gasteiger partial charge in [0.2, 0.25) is 0 Å². The monoisotopic (exact) mass is 306 g/mol. The van der Waals surface area contributed by atoms with Crippen molar-refractivity contribution in [1.29, 1.82) is 0 Å². The number of methoxy groups -OCH3 is 1. The van der Waals surface area contributed by atoms with Gasteiger partial charge in [0.05, 0.1) is 0 Å². The molecule has 0 aliphatic rings. The SMILES string of the molecule is CCCNc1cc(Nc2ccc(Cl)cc2)nc(COC)n1. The summed E-state index contributed by atoms with van der Waals surface area (Å²) in [5.41, 5.74) is 0.919. The van der Waals surface area contributed by atoms with E-state index in [9.17, 15) is 0 Å². The second-order valence-corrected chi connectivity index (χ2v) is 4.98. The van der Waals surface area contributed by atoms with Crippen molar-refractivity contribution in [2.75, 3.05) is 24.3 Å². The third-order valence-corrected chi connectivity index (χ3v) is 2.97. The molecule has 0 aliphatic heterocycles. The second-order valence-electron chi connectivity index (χ2n) is 4.55. The average Bonchev–Trinajstić information content (AvgIpc) is 2.48. The minimum atomic E-state index is 0.372. The minimum absolute atomic E-state index is 0.372. The maximum Gasteiger partial charge on any atom is 0.158 e. The second kappa shape index (κ2) is 7.81. The van der Waals surface area contributed by atoms with Gasteiger partial charge >= 0.3 is 0 Å². The van der Waals surface area contributed by atoms with Crippen LogP contribution in [0.5, 0.6) is 0 Å². The maximum absolute atomic E-state index is 5.88. The highest BCUT2D eigenvalue weighted by Gasteiger charge is 2.05. The summed E-state index contributed by atoms with van der Waals surface area (Å²) in [6, 6.07) is 9.34. The van der Waals surface area contributed by atoms with E-state index < -0.39 is 0 Å². The predicted molar refractivity (Wildman–Crippen MR) is 86.3 cm³/mol. The Hall–Kier alpha value is -1.85. The molecule has 0 saturated carbocycles. The zero-order valence-corrected chi connectivity index (χ0v) is 12.9. The molecule has 0 fully saturated rings. The summed E-state index contributed by atoms with van der Waals surface area (Å²) in [6.45, 7) is 3.35. The van der Waals surface area contributed by atoms with Crippen LogP contribution in [0.15, 0.2) is 30.3 Å². The molecule has 0 radical (unpaired) electrons. The molecule has 1 heterocycles. The first-order chi connectivity index (χ1) is 10.2. The number of nitrogens with one attached hydrogen (secondary N) is 2. The van der Waals surface area contributed by atoms with Crippen molar-refractivity contribution in [3.8, 4) is 0 Å². The molecule has 1 aromatic carbocycles. The average molecular weight is 307 g/mol. The van der Waals surface area contributed by atoms with E-state index in [0.29, 0.717) is 17.5 Å². The number of nitrogens with zero attached hydrogens (tertiary/aromatic N) is 2. The fourth-order valence-electron chi connectivity index (χ4n) is 1.78. The third-order valence-electron chi connectivity index (χ3n) is 2.72. The van der Waals surface area contributed by atoms with Crippen LogP contribution in [0.1, 0.15) is 19.2 Å². The van der Waals surface area contributed by atoms with Crippen LogP contribution in [0.25, 0.3) is 0 Å². The molecule has 6 heteroatoms. The molecule has 1 aromatic heterocycles. The Balaban J connectivity index is 2.19. The van der Waals surface area contributed by atoms with Crippen LogP contribution in [0, 0.1) is 0 Å². The quantitative estimate of drug-likeness (QED) is 0.814. The first-order valence-corrected chi connectivity index (χ1v) is 7.22. The molecule has 2 aromatic rings. The summed E-state index contributed by atoms with van der Waals surface area (Å²) < 4.78 is 5.11. The van der Waals surface area contributed by atoms with E-state index in [0.717, 1.165) is 30.3 Å². The number of anilines is 3. The van der Waals surface area contributed by atoms with E-state index in [4.69, 9.17) is 16.3 Å². The maximum atomic E-state index is 5.88. The number of benzene rings is 1. The van der Waals surface area contributed by atoms with Crippen molar-refractivity contribution >= 4 is 28.9 Å². The van der Waals surface area contributed by atoms with Gasteiger partial charge in [0, 0.05) is 30.4 Å². The summed E-state index contributed by atoms with van der Waals surface area (Å²) in [6.07, 6.45) is 1.03. The molecule has 112 valence electrons. The molecule has 2 N–H and O–H groups in total. The van der Waals surface area contributed by atoms with Gasteiger partial charge < -0.3 is 15.4 Å². The number of hydrogen-bond acceptors (Lipinski definition) is 5. The van der Waals surface area contributed by atoms with Crippen molar-refractivity contribution in [3.05, 3.63) is 41.2 Å². The highest BCUT2D eigenvalue weighted by Crippen LogP contribution is 2.19. The Morgan fingerprint density at radius 3 is 2.52 bits per heavy atom. The Morgan fingerprint density at radius 2 is 1.86 bits per heavy atom. The molecular formula is C15H19ClN4O. The fourth-order valence-corrected chi connectivity index (χ4v) is 1.91. The van der Waals surface area contributed by atoms with Gasteiger partial charge in [-0.2, -0.15) is 0 Å². The molecular weight excluding hydrogens is 288 g/mol. The molecule has 0 atom stereocenters. The van der Waals surface area contributed by atoms with Gasteiger partial charge in [0.25, 0.3) is 0 Å². The first kappa shape index (κ1) is 15.5. The van der Waals surface area contributed by atoms with Crippen molar-refractivity contribution < 1.29 is 4.74 Å². The first-order valence-electron chi connectivity index (χ1n) is 6.84. The van der Waals surface area contributed by atoms with Crippen LogP contribution in [-0.4, -0.2) is 23.6 Å². The lowest BCUT2D eigenvalue weighted by Crippen LogP contribution is -2.07. The molecule has 5 nitrogen and oxygen atoms in total. The molecule has 0 spiro atoms.